The van der Waals surface area contributed by atoms with E-state index in [9.17, 15) is 9.59 Å². The summed E-state index contributed by atoms with van der Waals surface area (Å²) in [6.07, 6.45) is 8.29. The third kappa shape index (κ3) is 4.32. The molecule has 2 aliphatic rings. The molecule has 4 aromatic heterocycles. The minimum atomic E-state index is -0.416. The summed E-state index contributed by atoms with van der Waals surface area (Å²) in [5.41, 5.74) is 4.21. The van der Waals surface area contributed by atoms with Gasteiger partial charge in [0.25, 0.3) is 5.91 Å². The van der Waals surface area contributed by atoms with E-state index in [1.165, 1.54) is 0 Å². The van der Waals surface area contributed by atoms with Gasteiger partial charge in [0.2, 0.25) is 5.91 Å². The molecule has 5 heterocycles. The average molecular weight is 488 g/mol. The molecule has 1 saturated carbocycles. The Bertz CT molecular complexity index is 1480. The van der Waals surface area contributed by atoms with Crippen LogP contribution in [0.3, 0.4) is 0 Å². The average Bonchev–Trinajstić information content (AvgIpc) is 3.34. The van der Waals surface area contributed by atoms with E-state index >= 15 is 0 Å². The highest BCUT2D eigenvalue weighted by molar-refractivity contribution is 6.08. The number of carbonyl (C=O) groups is 2. The van der Waals surface area contributed by atoms with Gasteiger partial charge >= 0.3 is 0 Å². The molecule has 2 amide bonds. The van der Waals surface area contributed by atoms with Crippen molar-refractivity contribution in [2.45, 2.75) is 25.5 Å². The topological polar surface area (TPSA) is 132 Å². The van der Waals surface area contributed by atoms with E-state index < -0.39 is 5.91 Å². The zero-order chi connectivity index (χ0) is 24.8. The number of rotatable bonds is 6. The summed E-state index contributed by atoms with van der Waals surface area (Å²) in [5.74, 6) is -0.542. The number of hydrogen-bond donors (Lipinski definition) is 2. The van der Waals surface area contributed by atoms with Crippen LogP contribution in [0.15, 0.2) is 43.0 Å². The van der Waals surface area contributed by atoms with Gasteiger partial charge in [-0.05, 0) is 25.5 Å². The number of anilines is 2. The molecule has 6 rings (SSSR count). The van der Waals surface area contributed by atoms with Crippen LogP contribution >= 0.6 is 0 Å². The molecule has 12 nitrogen and oxygen atoms in total. The van der Waals surface area contributed by atoms with Gasteiger partial charge in [0.05, 0.1) is 54.2 Å². The van der Waals surface area contributed by atoms with Crippen LogP contribution in [0.4, 0.5) is 11.4 Å². The third-order valence-corrected chi connectivity index (χ3v) is 6.51. The molecule has 1 aliphatic heterocycles. The Labute approximate surface area is 206 Å². The fraction of sp³-hybridized carbons (Fsp3) is 0.333. The smallest absolute Gasteiger partial charge is 0.278 e. The Balaban J connectivity index is 1.15. The SMILES string of the molecule is Cc1ncc(NC(=O)CN2CCOC3CC32)cc1NC(=O)c1nnn2cc(-c3cnn(C)c3)ccc12. The van der Waals surface area contributed by atoms with E-state index in [2.05, 4.69) is 35.9 Å². The second-order valence-corrected chi connectivity index (χ2v) is 9.13. The van der Waals surface area contributed by atoms with Crippen molar-refractivity contribution in [3.8, 4) is 11.1 Å². The first-order valence-corrected chi connectivity index (χ1v) is 11.7. The van der Waals surface area contributed by atoms with E-state index in [0.717, 1.165) is 24.1 Å². The highest BCUT2D eigenvalue weighted by Crippen LogP contribution is 2.34. The van der Waals surface area contributed by atoms with Gasteiger partial charge in [-0.2, -0.15) is 5.10 Å². The van der Waals surface area contributed by atoms with Crippen molar-refractivity contribution in [1.29, 1.82) is 0 Å². The van der Waals surface area contributed by atoms with E-state index in [1.807, 2.05) is 19.3 Å². The molecule has 2 atom stereocenters. The monoisotopic (exact) mass is 487 g/mol. The Morgan fingerprint density at radius 1 is 1.17 bits per heavy atom. The van der Waals surface area contributed by atoms with Crippen molar-refractivity contribution in [2.75, 3.05) is 30.3 Å². The summed E-state index contributed by atoms with van der Waals surface area (Å²) in [5, 5.41) is 18.1. The molecule has 2 unspecified atom stereocenters. The van der Waals surface area contributed by atoms with Crippen LogP contribution in [-0.4, -0.2) is 78.1 Å². The van der Waals surface area contributed by atoms with Crippen LogP contribution in [0.1, 0.15) is 22.6 Å². The lowest BCUT2D eigenvalue weighted by molar-refractivity contribution is -0.118. The number of aryl methyl sites for hydroxylation is 2. The summed E-state index contributed by atoms with van der Waals surface area (Å²) in [7, 11) is 1.85. The number of nitrogens with zero attached hydrogens (tertiary/aromatic N) is 7. The van der Waals surface area contributed by atoms with Gasteiger partial charge in [0, 0.05) is 43.2 Å². The molecule has 0 bridgehead atoms. The number of pyridine rings is 2. The first-order chi connectivity index (χ1) is 17.4. The second-order valence-electron chi connectivity index (χ2n) is 9.13. The Hall–Kier alpha value is -4.16. The highest BCUT2D eigenvalue weighted by atomic mass is 16.5. The van der Waals surface area contributed by atoms with Gasteiger partial charge in [-0.1, -0.05) is 11.3 Å². The number of amides is 2. The quantitative estimate of drug-likeness (QED) is 0.418. The van der Waals surface area contributed by atoms with Gasteiger partial charge in [-0.25, -0.2) is 4.52 Å². The van der Waals surface area contributed by atoms with E-state index in [-0.39, 0.29) is 17.7 Å². The van der Waals surface area contributed by atoms with Crippen molar-refractivity contribution >= 4 is 28.7 Å². The predicted molar refractivity (Wildman–Crippen MR) is 130 cm³/mol. The third-order valence-electron chi connectivity index (χ3n) is 6.51. The maximum absolute atomic E-state index is 13.1. The van der Waals surface area contributed by atoms with Crippen LogP contribution < -0.4 is 10.6 Å². The number of ether oxygens (including phenoxy) is 1. The zero-order valence-corrected chi connectivity index (χ0v) is 19.9. The summed E-state index contributed by atoms with van der Waals surface area (Å²) >= 11 is 0. The van der Waals surface area contributed by atoms with Crippen molar-refractivity contribution in [2.24, 2.45) is 7.05 Å². The number of hydrogen-bond acceptors (Lipinski definition) is 8. The fourth-order valence-corrected chi connectivity index (χ4v) is 4.50. The number of fused-ring (bicyclic) bond motifs is 2. The van der Waals surface area contributed by atoms with E-state index in [4.69, 9.17) is 4.74 Å². The largest absolute Gasteiger partial charge is 0.375 e. The minimum absolute atomic E-state index is 0.126. The lowest BCUT2D eigenvalue weighted by Gasteiger charge is -2.25. The van der Waals surface area contributed by atoms with Crippen molar-refractivity contribution in [1.82, 2.24) is 34.5 Å². The summed E-state index contributed by atoms with van der Waals surface area (Å²) < 4.78 is 8.88. The normalized spacial score (nSPS) is 19.2. The number of aromatic nitrogens is 6. The Kier molecular flexibility index (Phi) is 5.46. The van der Waals surface area contributed by atoms with Crippen LogP contribution in [0, 0.1) is 6.92 Å². The molecule has 0 radical (unpaired) electrons. The predicted octanol–water partition coefficient (Wildman–Crippen LogP) is 1.50. The van der Waals surface area contributed by atoms with Crippen LogP contribution in [0.2, 0.25) is 0 Å². The molecule has 4 aromatic rings. The van der Waals surface area contributed by atoms with Crippen molar-refractivity contribution in [3.05, 3.63) is 54.4 Å². The second kappa shape index (κ2) is 8.81. The summed E-state index contributed by atoms with van der Waals surface area (Å²) in [6.45, 7) is 3.48. The van der Waals surface area contributed by atoms with Crippen LogP contribution in [0.25, 0.3) is 16.6 Å². The molecule has 1 aliphatic carbocycles. The van der Waals surface area contributed by atoms with Gasteiger partial charge in [-0.15, -0.1) is 5.10 Å². The lowest BCUT2D eigenvalue weighted by Crippen LogP contribution is -2.41. The van der Waals surface area contributed by atoms with Gasteiger partial charge in [0.1, 0.15) is 0 Å². The van der Waals surface area contributed by atoms with E-state index in [1.54, 1.807) is 46.8 Å². The number of morpholine rings is 1. The molecule has 2 fully saturated rings. The maximum atomic E-state index is 13.1. The van der Waals surface area contributed by atoms with Crippen molar-refractivity contribution < 1.29 is 14.3 Å². The molecule has 12 heteroatoms. The highest BCUT2D eigenvalue weighted by Gasteiger charge is 2.46. The Morgan fingerprint density at radius 3 is 2.89 bits per heavy atom. The molecular weight excluding hydrogens is 462 g/mol. The van der Waals surface area contributed by atoms with Crippen LogP contribution in [-0.2, 0) is 16.6 Å². The standard InChI is InChI=1S/C24H25N9O3/c1-14-18(7-17(10-25-14)27-22(34)13-32-5-6-36-21-8-20(21)32)28-24(35)23-19-4-3-15(12-33(19)30-29-23)16-9-26-31(2)11-16/h3-4,7,9-12,20-21H,5-6,8,13H2,1-2H3,(H,27,34)(H,28,35). The Morgan fingerprint density at radius 2 is 2.06 bits per heavy atom. The van der Waals surface area contributed by atoms with E-state index in [0.29, 0.717) is 41.8 Å². The molecular formula is C24H25N9O3. The fourth-order valence-electron chi connectivity index (χ4n) is 4.50. The molecule has 2 N–H and O–H groups in total. The molecule has 184 valence electrons. The number of nitrogens with one attached hydrogen (secondary N) is 2. The first kappa shape index (κ1) is 22.3. The van der Waals surface area contributed by atoms with Crippen molar-refractivity contribution in [3.63, 3.8) is 0 Å². The summed E-state index contributed by atoms with van der Waals surface area (Å²) in [4.78, 5) is 32.1. The molecule has 0 aromatic carbocycles. The van der Waals surface area contributed by atoms with Gasteiger partial charge < -0.3 is 15.4 Å². The van der Waals surface area contributed by atoms with Gasteiger partial charge in [0.15, 0.2) is 5.69 Å². The van der Waals surface area contributed by atoms with Crippen LogP contribution in [0.5, 0.6) is 0 Å². The minimum Gasteiger partial charge on any atom is -0.375 e. The molecule has 0 spiro atoms. The zero-order valence-electron chi connectivity index (χ0n) is 19.9. The molecule has 36 heavy (non-hydrogen) atoms. The van der Waals surface area contributed by atoms with Gasteiger partial charge in [-0.3, -0.25) is 24.2 Å². The summed E-state index contributed by atoms with van der Waals surface area (Å²) in [6, 6.07) is 5.74. The molecule has 1 saturated heterocycles. The maximum Gasteiger partial charge on any atom is 0.278 e. The number of carbonyl (C=O) groups excluding carboxylic acids is 2. The lowest BCUT2D eigenvalue weighted by atomic mass is 10.1. The first-order valence-electron chi connectivity index (χ1n) is 11.7.